The Kier molecular flexibility index (Phi) is 12.9. The van der Waals surface area contributed by atoms with Gasteiger partial charge in [0.2, 0.25) is 11.9 Å². The number of nitrogens with two attached hydrogens (primary N) is 1. The lowest BCUT2D eigenvalue weighted by molar-refractivity contribution is -0.138. The number of halogens is 6. The van der Waals surface area contributed by atoms with Crippen LogP contribution in [0.15, 0.2) is 180 Å². The number of pyridine rings is 2. The van der Waals surface area contributed by atoms with Crippen LogP contribution in [-0.2, 0) is 12.4 Å². The van der Waals surface area contributed by atoms with Crippen molar-refractivity contribution in [3.63, 3.8) is 0 Å². The monoisotopic (exact) mass is 973 g/mol. The number of aromatic nitrogens is 6. The Morgan fingerprint density at radius 3 is 1.39 bits per heavy atom. The van der Waals surface area contributed by atoms with E-state index in [9.17, 15) is 35.9 Å². The molecule has 360 valence electrons. The molecule has 4 aromatic heterocycles. The van der Waals surface area contributed by atoms with Crippen molar-refractivity contribution in [2.75, 3.05) is 16.4 Å². The van der Waals surface area contributed by atoms with Crippen molar-refractivity contribution >= 4 is 50.8 Å². The zero-order chi connectivity index (χ0) is 50.9. The highest BCUT2D eigenvalue weighted by molar-refractivity contribution is 5.86. The first kappa shape index (κ1) is 47.9. The lowest BCUT2D eigenvalue weighted by Crippen LogP contribution is -2.21. The summed E-state index contributed by atoms with van der Waals surface area (Å²) in [7, 11) is 0. The van der Waals surface area contributed by atoms with E-state index in [4.69, 9.17) is 5.73 Å². The molecule has 0 bridgehead atoms. The van der Waals surface area contributed by atoms with E-state index in [1.165, 1.54) is 45.8 Å². The fourth-order valence-corrected chi connectivity index (χ4v) is 8.12. The fraction of sp³-hybridized carbons (Fsp3) is 0.0909. The molecule has 0 amide bonds. The summed E-state index contributed by atoms with van der Waals surface area (Å²) in [6, 6.07) is 38.6. The first-order chi connectivity index (χ1) is 34.4. The van der Waals surface area contributed by atoms with E-state index in [-0.39, 0.29) is 11.4 Å². The number of fused-ring (bicyclic) bond motifs is 2. The average molecular weight is 974 g/mol. The van der Waals surface area contributed by atoms with Crippen molar-refractivity contribution in [2.24, 2.45) is 0 Å². The van der Waals surface area contributed by atoms with E-state index < -0.39 is 34.6 Å². The second-order valence-corrected chi connectivity index (χ2v) is 16.9. The highest BCUT2D eigenvalue weighted by Gasteiger charge is 2.31. The summed E-state index contributed by atoms with van der Waals surface area (Å²) in [6.07, 6.45) is -2.72. The summed E-state index contributed by atoms with van der Waals surface area (Å²) < 4.78 is 81.7. The van der Waals surface area contributed by atoms with E-state index in [1.54, 1.807) is 80.8 Å². The summed E-state index contributed by atoms with van der Waals surface area (Å²) in [5, 5.41) is 7.73. The van der Waals surface area contributed by atoms with Crippen LogP contribution in [0.1, 0.15) is 27.8 Å². The Hall–Kier alpha value is -9.12. The Bertz CT molecular complexity index is 3570. The Morgan fingerprint density at radius 1 is 0.500 bits per heavy atom. The fourth-order valence-electron chi connectivity index (χ4n) is 8.12. The minimum Gasteiger partial charge on any atom is -0.399 e. The van der Waals surface area contributed by atoms with Gasteiger partial charge in [-0.1, -0.05) is 42.5 Å². The number of hydrogen-bond acceptors (Lipinski definition) is 9. The highest BCUT2D eigenvalue weighted by Crippen LogP contribution is 2.33. The second kappa shape index (κ2) is 19.3. The molecule has 0 fully saturated rings. The number of aryl methyl sites for hydroxylation is 3. The number of nitrogens with one attached hydrogen (secondary N) is 2. The van der Waals surface area contributed by atoms with Gasteiger partial charge in [0.1, 0.15) is 0 Å². The van der Waals surface area contributed by atoms with Gasteiger partial charge in [-0.15, -0.1) is 0 Å². The molecule has 0 aliphatic carbocycles. The van der Waals surface area contributed by atoms with Gasteiger partial charge in [-0.25, -0.2) is 19.9 Å². The second-order valence-electron chi connectivity index (χ2n) is 16.9. The minimum atomic E-state index is -4.51. The molecule has 0 saturated heterocycles. The molecule has 0 aliphatic heterocycles. The molecule has 4 N–H and O–H groups in total. The quantitative estimate of drug-likeness (QED) is 0.100. The van der Waals surface area contributed by atoms with Crippen molar-refractivity contribution in [1.29, 1.82) is 0 Å². The van der Waals surface area contributed by atoms with Gasteiger partial charge in [-0.05, 0) is 152 Å². The van der Waals surface area contributed by atoms with Crippen molar-refractivity contribution in [2.45, 2.75) is 33.1 Å². The molecular formula is C55H41F6N9O2. The van der Waals surface area contributed by atoms with Crippen LogP contribution in [0, 0.1) is 20.8 Å². The van der Waals surface area contributed by atoms with Gasteiger partial charge >= 0.3 is 12.4 Å². The van der Waals surface area contributed by atoms with Crippen LogP contribution in [0.4, 0.5) is 55.3 Å². The van der Waals surface area contributed by atoms with Gasteiger partial charge in [0, 0.05) is 64.0 Å². The van der Waals surface area contributed by atoms with Crippen molar-refractivity contribution in [1.82, 2.24) is 29.1 Å². The Labute approximate surface area is 407 Å². The van der Waals surface area contributed by atoms with Gasteiger partial charge in [0.05, 0.1) is 33.3 Å². The highest BCUT2D eigenvalue weighted by atomic mass is 19.4. The third-order valence-corrected chi connectivity index (χ3v) is 11.7. The van der Waals surface area contributed by atoms with Crippen LogP contribution in [-0.4, -0.2) is 29.1 Å². The number of rotatable bonds is 8. The van der Waals surface area contributed by atoms with Crippen LogP contribution in [0.25, 0.3) is 55.4 Å². The first-order valence-corrected chi connectivity index (χ1v) is 22.2. The maximum atomic E-state index is 13.4. The summed E-state index contributed by atoms with van der Waals surface area (Å²) in [5.41, 5.74) is 11.8. The smallest absolute Gasteiger partial charge is 0.399 e. The molecule has 0 aliphatic rings. The summed E-state index contributed by atoms with van der Waals surface area (Å²) >= 11 is 0. The third kappa shape index (κ3) is 10.4. The van der Waals surface area contributed by atoms with Gasteiger partial charge in [-0.3, -0.25) is 18.7 Å². The molecule has 0 saturated carbocycles. The largest absolute Gasteiger partial charge is 0.416 e. The zero-order valence-corrected chi connectivity index (χ0v) is 38.5. The Balaban J connectivity index is 0.000000178. The van der Waals surface area contributed by atoms with Crippen LogP contribution in [0.2, 0.25) is 0 Å². The normalized spacial score (nSPS) is 11.6. The van der Waals surface area contributed by atoms with E-state index in [1.807, 2.05) is 49.4 Å². The van der Waals surface area contributed by atoms with Crippen LogP contribution < -0.4 is 27.5 Å². The standard InChI is InChI=1S/C28H21F3N4O.C27H20F3N5O/c1-17-5-3-7-22(13-17)33-27-32-16-20-14-19(9-10-24(20)34-27)25-18(2)11-12-35(26(25)36)23-8-4-6-21(15-23)28(29,30)31;1-16-10-11-35(22-7-2-4-19(13-22)27(28,29)30)25(36)24(16)17-8-9-23-18(12-17)15-32-26(34-23)33-21-6-3-5-20(31)14-21/h3-16H,1-2H3,(H,32,33,34);2-15H,31H2,1H3,(H,32,33,34). The lowest BCUT2D eigenvalue weighted by atomic mass is 10.0. The van der Waals surface area contributed by atoms with Gasteiger partial charge in [0.15, 0.2) is 0 Å². The van der Waals surface area contributed by atoms with Crippen LogP contribution >= 0.6 is 0 Å². The molecule has 6 aromatic carbocycles. The van der Waals surface area contributed by atoms with Gasteiger partial charge in [-0.2, -0.15) is 26.3 Å². The maximum Gasteiger partial charge on any atom is 0.416 e. The molecule has 72 heavy (non-hydrogen) atoms. The zero-order valence-electron chi connectivity index (χ0n) is 38.5. The van der Waals surface area contributed by atoms with Crippen molar-refractivity contribution < 1.29 is 26.3 Å². The van der Waals surface area contributed by atoms with E-state index in [2.05, 4.69) is 30.6 Å². The third-order valence-electron chi connectivity index (χ3n) is 11.7. The molecule has 10 aromatic rings. The van der Waals surface area contributed by atoms with Crippen molar-refractivity contribution in [3.05, 3.63) is 219 Å². The topological polar surface area (TPSA) is 146 Å². The molecular weight excluding hydrogens is 933 g/mol. The number of nitrogens with zero attached hydrogens (tertiary/aromatic N) is 6. The number of alkyl halides is 6. The molecule has 0 unspecified atom stereocenters. The van der Waals surface area contributed by atoms with Crippen LogP contribution in [0.3, 0.4) is 0 Å². The molecule has 0 spiro atoms. The van der Waals surface area contributed by atoms with Gasteiger partial charge in [0.25, 0.3) is 11.1 Å². The summed E-state index contributed by atoms with van der Waals surface area (Å²) in [4.78, 5) is 44.7. The molecule has 10 rings (SSSR count). The van der Waals surface area contributed by atoms with E-state index >= 15 is 0 Å². The summed E-state index contributed by atoms with van der Waals surface area (Å²) in [5.74, 6) is 0.840. The van der Waals surface area contributed by atoms with E-state index in [0.717, 1.165) is 46.6 Å². The average Bonchev–Trinajstić information content (AvgIpc) is 3.34. The molecule has 17 heteroatoms. The summed E-state index contributed by atoms with van der Waals surface area (Å²) in [6.45, 7) is 5.58. The number of hydrogen-bond donors (Lipinski definition) is 3. The molecule has 0 atom stereocenters. The van der Waals surface area contributed by atoms with Gasteiger partial charge < -0.3 is 16.4 Å². The predicted molar refractivity (Wildman–Crippen MR) is 269 cm³/mol. The Morgan fingerprint density at radius 2 is 0.944 bits per heavy atom. The predicted octanol–water partition coefficient (Wildman–Crippen LogP) is 12.9. The molecule has 11 nitrogen and oxygen atoms in total. The van der Waals surface area contributed by atoms with Crippen molar-refractivity contribution in [3.8, 4) is 33.6 Å². The first-order valence-electron chi connectivity index (χ1n) is 22.2. The molecule has 4 heterocycles. The van der Waals surface area contributed by atoms with E-state index in [0.29, 0.717) is 67.4 Å². The number of nitrogen functional groups attached to an aromatic ring is 1. The molecule has 0 radical (unpaired) electrons. The number of benzene rings is 6. The number of anilines is 5. The lowest BCUT2D eigenvalue weighted by Gasteiger charge is -2.14. The minimum absolute atomic E-state index is 0.137. The SMILES string of the molecule is Cc1cccc(Nc2ncc3cc(-c4c(C)ccn(-c5cccc(C(F)(F)F)c5)c4=O)ccc3n2)c1.Cc1ccn(-c2cccc(C(F)(F)F)c2)c(=O)c1-c1ccc2nc(Nc3cccc(N)c3)ncc2c1. The van der Waals surface area contributed by atoms with Crippen LogP contribution in [0.5, 0.6) is 0 Å². The maximum absolute atomic E-state index is 13.4.